The highest BCUT2D eigenvalue weighted by atomic mass is 15.3. The molecule has 3 nitrogen and oxygen atoms in total. The normalized spacial score (nSPS) is 10.7. The van der Waals surface area contributed by atoms with Gasteiger partial charge in [-0.3, -0.25) is 0 Å². The molecule has 0 fully saturated rings. The highest BCUT2D eigenvalue weighted by molar-refractivity contribution is 4.65. The Morgan fingerprint density at radius 2 is 2.10 bits per heavy atom. The van der Waals surface area contributed by atoms with Gasteiger partial charge in [-0.2, -0.15) is 5.10 Å². The smallest absolute Gasteiger partial charge is 0.137 e. The second-order valence-corrected chi connectivity index (χ2v) is 2.35. The zero-order valence-electron chi connectivity index (χ0n) is 6.49. The van der Waals surface area contributed by atoms with Crippen molar-refractivity contribution in [1.29, 1.82) is 0 Å². The molecule has 0 bridgehead atoms. The van der Waals surface area contributed by atoms with Gasteiger partial charge in [-0.15, -0.1) is 0 Å². The van der Waals surface area contributed by atoms with E-state index in [0.717, 1.165) is 12.8 Å². The van der Waals surface area contributed by atoms with Gasteiger partial charge in [0.2, 0.25) is 0 Å². The highest BCUT2D eigenvalue weighted by Crippen LogP contribution is 2.11. The molecule has 0 aliphatic heterocycles. The quantitative estimate of drug-likeness (QED) is 0.637. The molecule has 1 aromatic rings. The molecule has 0 saturated heterocycles. The summed E-state index contributed by atoms with van der Waals surface area (Å²) >= 11 is 0. The van der Waals surface area contributed by atoms with Gasteiger partial charge in [-0.25, -0.2) is 9.67 Å². The summed E-state index contributed by atoms with van der Waals surface area (Å²) in [4.78, 5) is 3.89. The van der Waals surface area contributed by atoms with Crippen LogP contribution in [0, 0.1) is 0 Å². The summed E-state index contributed by atoms with van der Waals surface area (Å²) in [5.41, 5.74) is 0. The Hall–Kier alpha value is -0.860. The lowest BCUT2D eigenvalue weighted by molar-refractivity contribution is 0.427. The van der Waals surface area contributed by atoms with Crippen molar-refractivity contribution in [3.63, 3.8) is 0 Å². The van der Waals surface area contributed by atoms with Gasteiger partial charge >= 0.3 is 0 Å². The molecule has 1 rings (SSSR count). The lowest BCUT2D eigenvalue weighted by Crippen LogP contribution is -2.06. The van der Waals surface area contributed by atoms with E-state index in [9.17, 15) is 0 Å². The van der Waals surface area contributed by atoms with Gasteiger partial charge in [0.15, 0.2) is 0 Å². The van der Waals surface area contributed by atoms with E-state index in [1.807, 2.05) is 4.68 Å². The van der Waals surface area contributed by atoms with Crippen LogP contribution in [0.3, 0.4) is 0 Å². The summed E-state index contributed by atoms with van der Waals surface area (Å²) in [5.74, 6) is 0. The van der Waals surface area contributed by atoms with Gasteiger partial charge in [0.25, 0.3) is 0 Å². The fourth-order valence-corrected chi connectivity index (χ4v) is 1.07. The van der Waals surface area contributed by atoms with Gasteiger partial charge in [0.1, 0.15) is 12.7 Å². The van der Waals surface area contributed by atoms with Crippen molar-refractivity contribution in [2.45, 2.75) is 32.7 Å². The number of nitrogens with zero attached hydrogens (tertiary/aromatic N) is 3. The maximum absolute atomic E-state index is 4.06. The van der Waals surface area contributed by atoms with Gasteiger partial charge in [0.05, 0.1) is 6.04 Å². The average molecular weight is 139 g/mol. The van der Waals surface area contributed by atoms with E-state index in [2.05, 4.69) is 23.9 Å². The van der Waals surface area contributed by atoms with E-state index >= 15 is 0 Å². The summed E-state index contributed by atoms with van der Waals surface area (Å²) in [7, 11) is 0. The minimum Gasteiger partial charge on any atom is -0.250 e. The van der Waals surface area contributed by atoms with Crippen LogP contribution in [0.2, 0.25) is 0 Å². The van der Waals surface area contributed by atoms with Crippen molar-refractivity contribution in [2.75, 3.05) is 0 Å². The van der Waals surface area contributed by atoms with Gasteiger partial charge in [-0.1, -0.05) is 13.8 Å². The zero-order valence-corrected chi connectivity index (χ0v) is 6.49. The molecule has 0 N–H and O–H groups in total. The monoisotopic (exact) mass is 139 g/mol. The first-order valence-corrected chi connectivity index (χ1v) is 3.72. The molecule has 0 atom stereocenters. The summed E-state index contributed by atoms with van der Waals surface area (Å²) < 4.78 is 1.92. The molecule has 1 heterocycles. The van der Waals surface area contributed by atoms with E-state index in [1.54, 1.807) is 12.7 Å². The van der Waals surface area contributed by atoms with E-state index in [-0.39, 0.29) is 0 Å². The molecule has 0 aliphatic carbocycles. The molecular weight excluding hydrogens is 126 g/mol. The molecular formula is C7H13N3. The van der Waals surface area contributed by atoms with Gasteiger partial charge < -0.3 is 0 Å². The third-order valence-electron chi connectivity index (χ3n) is 1.75. The summed E-state index contributed by atoms with van der Waals surface area (Å²) in [6.45, 7) is 4.33. The minimum atomic E-state index is 0.530. The predicted molar refractivity (Wildman–Crippen MR) is 39.6 cm³/mol. The molecule has 0 aliphatic rings. The number of hydrogen-bond donors (Lipinski definition) is 0. The Bertz CT molecular complexity index is 165. The van der Waals surface area contributed by atoms with Crippen molar-refractivity contribution < 1.29 is 0 Å². The van der Waals surface area contributed by atoms with Crippen LogP contribution in [0.15, 0.2) is 12.7 Å². The Kier molecular flexibility index (Phi) is 2.42. The summed E-state index contributed by atoms with van der Waals surface area (Å²) in [5, 5.41) is 4.06. The summed E-state index contributed by atoms with van der Waals surface area (Å²) in [6.07, 6.45) is 5.61. The number of aromatic nitrogens is 3. The SMILES string of the molecule is CCC(CC)n1cncn1. The van der Waals surface area contributed by atoms with Crippen molar-refractivity contribution in [1.82, 2.24) is 14.8 Å². The lowest BCUT2D eigenvalue weighted by Gasteiger charge is -2.10. The highest BCUT2D eigenvalue weighted by Gasteiger charge is 2.03. The van der Waals surface area contributed by atoms with E-state index in [0.29, 0.717) is 6.04 Å². The molecule has 0 saturated carbocycles. The fourth-order valence-electron chi connectivity index (χ4n) is 1.07. The van der Waals surface area contributed by atoms with E-state index < -0.39 is 0 Å². The molecule has 0 spiro atoms. The Labute approximate surface area is 61.1 Å². The zero-order chi connectivity index (χ0) is 7.40. The van der Waals surface area contributed by atoms with Crippen LogP contribution < -0.4 is 0 Å². The van der Waals surface area contributed by atoms with Crippen LogP contribution in [0.5, 0.6) is 0 Å². The maximum Gasteiger partial charge on any atom is 0.137 e. The number of rotatable bonds is 3. The van der Waals surface area contributed by atoms with Crippen LogP contribution in [0.1, 0.15) is 32.7 Å². The third kappa shape index (κ3) is 1.35. The Balaban J connectivity index is 2.64. The van der Waals surface area contributed by atoms with Crippen molar-refractivity contribution >= 4 is 0 Å². The second-order valence-electron chi connectivity index (χ2n) is 2.35. The average Bonchev–Trinajstić information content (AvgIpc) is 2.43. The molecule has 0 radical (unpaired) electrons. The standard InChI is InChI=1S/C7H13N3/c1-3-7(4-2)10-6-8-5-9-10/h5-7H,3-4H2,1-2H3. The number of hydrogen-bond acceptors (Lipinski definition) is 2. The molecule has 10 heavy (non-hydrogen) atoms. The largest absolute Gasteiger partial charge is 0.250 e. The second kappa shape index (κ2) is 3.34. The third-order valence-corrected chi connectivity index (χ3v) is 1.75. The minimum absolute atomic E-state index is 0.530. The Morgan fingerprint density at radius 3 is 2.50 bits per heavy atom. The predicted octanol–water partition coefficient (Wildman–Crippen LogP) is 1.64. The maximum atomic E-state index is 4.06. The van der Waals surface area contributed by atoms with Crippen LogP contribution in [-0.4, -0.2) is 14.8 Å². The van der Waals surface area contributed by atoms with Gasteiger partial charge in [0, 0.05) is 0 Å². The molecule has 56 valence electrons. The van der Waals surface area contributed by atoms with Crippen LogP contribution in [-0.2, 0) is 0 Å². The van der Waals surface area contributed by atoms with E-state index in [1.165, 1.54) is 0 Å². The van der Waals surface area contributed by atoms with Crippen molar-refractivity contribution in [3.05, 3.63) is 12.7 Å². The van der Waals surface area contributed by atoms with Crippen LogP contribution in [0.4, 0.5) is 0 Å². The molecule has 0 unspecified atom stereocenters. The van der Waals surface area contributed by atoms with Gasteiger partial charge in [-0.05, 0) is 12.8 Å². The molecule has 1 aromatic heterocycles. The summed E-state index contributed by atoms with van der Waals surface area (Å²) in [6, 6.07) is 0.530. The topological polar surface area (TPSA) is 30.7 Å². The first-order chi connectivity index (χ1) is 4.88. The van der Waals surface area contributed by atoms with Crippen molar-refractivity contribution in [2.24, 2.45) is 0 Å². The van der Waals surface area contributed by atoms with Crippen LogP contribution >= 0.6 is 0 Å². The lowest BCUT2D eigenvalue weighted by atomic mass is 10.2. The molecule has 0 amide bonds. The molecule has 0 aromatic carbocycles. The first kappa shape index (κ1) is 7.25. The Morgan fingerprint density at radius 1 is 1.40 bits per heavy atom. The van der Waals surface area contributed by atoms with Crippen LogP contribution in [0.25, 0.3) is 0 Å². The fraction of sp³-hybridized carbons (Fsp3) is 0.714. The van der Waals surface area contributed by atoms with E-state index in [4.69, 9.17) is 0 Å². The first-order valence-electron chi connectivity index (χ1n) is 3.72. The van der Waals surface area contributed by atoms with Crippen molar-refractivity contribution in [3.8, 4) is 0 Å². The molecule has 3 heteroatoms.